The molecule has 200 valence electrons. The van der Waals surface area contributed by atoms with Crippen LogP contribution in [0.4, 0.5) is 0 Å². The van der Waals surface area contributed by atoms with Gasteiger partial charge in [0, 0.05) is 19.5 Å². The fourth-order valence-electron chi connectivity index (χ4n) is 4.81. The Hall–Kier alpha value is -3.60. The molecule has 5 heteroatoms. The molecule has 1 heterocycles. The van der Waals surface area contributed by atoms with E-state index in [-0.39, 0.29) is 5.91 Å². The van der Waals surface area contributed by atoms with Crippen molar-refractivity contribution in [2.45, 2.75) is 71.8 Å². The van der Waals surface area contributed by atoms with E-state index in [0.717, 1.165) is 87.3 Å². The van der Waals surface area contributed by atoms with E-state index in [1.54, 1.807) is 0 Å². The molecule has 4 aromatic rings. The van der Waals surface area contributed by atoms with E-state index in [4.69, 9.17) is 9.72 Å². The summed E-state index contributed by atoms with van der Waals surface area (Å²) in [6.45, 7) is 6.61. The Morgan fingerprint density at radius 2 is 1.68 bits per heavy atom. The van der Waals surface area contributed by atoms with Crippen molar-refractivity contribution in [3.8, 4) is 5.75 Å². The summed E-state index contributed by atoms with van der Waals surface area (Å²) in [5.74, 6) is 2.20. The maximum Gasteiger partial charge on any atom is 0.224 e. The summed E-state index contributed by atoms with van der Waals surface area (Å²) in [4.78, 5) is 17.2. The van der Waals surface area contributed by atoms with Crippen molar-refractivity contribution in [1.82, 2.24) is 14.9 Å². The zero-order valence-electron chi connectivity index (χ0n) is 22.9. The minimum Gasteiger partial charge on any atom is -0.494 e. The summed E-state index contributed by atoms with van der Waals surface area (Å²) in [6, 6.07) is 24.9. The Kier molecular flexibility index (Phi) is 10.4. The number of carbonyl (C=O) groups excluding carboxylic acids is 1. The number of nitrogens with zero attached hydrogens (tertiary/aromatic N) is 2. The van der Waals surface area contributed by atoms with Crippen molar-refractivity contribution in [3.63, 3.8) is 0 Å². The van der Waals surface area contributed by atoms with Crippen LogP contribution in [0, 0.1) is 6.92 Å². The van der Waals surface area contributed by atoms with Gasteiger partial charge in [-0.2, -0.15) is 0 Å². The molecule has 1 aromatic heterocycles. The molecule has 1 N–H and O–H groups in total. The molecule has 0 fully saturated rings. The minimum absolute atomic E-state index is 0.100. The maximum atomic E-state index is 12.3. The second kappa shape index (κ2) is 14.4. The van der Waals surface area contributed by atoms with Crippen LogP contribution in [-0.4, -0.2) is 28.6 Å². The molecule has 0 aliphatic carbocycles. The summed E-state index contributed by atoms with van der Waals surface area (Å²) < 4.78 is 8.33. The molecular formula is C33H41N3O2. The van der Waals surface area contributed by atoms with Crippen LogP contribution >= 0.6 is 0 Å². The van der Waals surface area contributed by atoms with Crippen LogP contribution in [0.25, 0.3) is 11.0 Å². The van der Waals surface area contributed by atoms with Crippen molar-refractivity contribution in [1.29, 1.82) is 0 Å². The molecule has 0 atom stereocenters. The number of benzene rings is 3. The number of unbranched alkanes of at least 4 members (excludes halogenated alkanes) is 3. The van der Waals surface area contributed by atoms with Crippen LogP contribution in [0.1, 0.15) is 61.5 Å². The van der Waals surface area contributed by atoms with E-state index in [0.29, 0.717) is 6.42 Å². The number of aromatic nitrogens is 2. The Bertz CT molecular complexity index is 1290. The number of carbonyl (C=O) groups is 1. The van der Waals surface area contributed by atoms with Gasteiger partial charge in [-0.3, -0.25) is 4.79 Å². The number of amides is 1. The predicted molar refractivity (Wildman–Crippen MR) is 156 cm³/mol. The topological polar surface area (TPSA) is 56.1 Å². The average Bonchev–Trinajstić information content (AvgIpc) is 3.29. The van der Waals surface area contributed by atoms with Crippen LogP contribution in [0.3, 0.4) is 0 Å². The zero-order valence-corrected chi connectivity index (χ0v) is 22.9. The molecule has 0 aliphatic rings. The number of hydrogen-bond acceptors (Lipinski definition) is 3. The first-order valence-corrected chi connectivity index (χ1v) is 14.1. The first-order valence-electron chi connectivity index (χ1n) is 14.1. The third-order valence-electron chi connectivity index (χ3n) is 7.12. The second-order valence-electron chi connectivity index (χ2n) is 9.99. The number of hydrogen-bond donors (Lipinski definition) is 1. The molecule has 0 radical (unpaired) electrons. The summed E-state index contributed by atoms with van der Waals surface area (Å²) in [7, 11) is 0. The first kappa shape index (κ1) is 27.4. The summed E-state index contributed by atoms with van der Waals surface area (Å²) in [5, 5.41) is 3.08. The highest BCUT2D eigenvalue weighted by atomic mass is 16.5. The third-order valence-corrected chi connectivity index (χ3v) is 7.12. The van der Waals surface area contributed by atoms with Gasteiger partial charge in [-0.05, 0) is 80.0 Å². The van der Waals surface area contributed by atoms with Crippen LogP contribution in [0.5, 0.6) is 5.75 Å². The first-order chi connectivity index (χ1) is 18.6. The normalized spacial score (nSPS) is 11.1. The lowest BCUT2D eigenvalue weighted by Gasteiger charge is -2.11. The highest BCUT2D eigenvalue weighted by Gasteiger charge is 2.10. The molecule has 0 spiro atoms. The predicted octanol–water partition coefficient (Wildman–Crippen LogP) is 6.84. The number of ether oxygens (including phenoxy) is 1. The lowest BCUT2D eigenvalue weighted by Crippen LogP contribution is -2.26. The lowest BCUT2D eigenvalue weighted by atomic mass is 10.1. The van der Waals surface area contributed by atoms with Crippen LogP contribution < -0.4 is 10.1 Å². The van der Waals surface area contributed by atoms with Gasteiger partial charge in [0.05, 0.1) is 24.1 Å². The van der Waals surface area contributed by atoms with E-state index in [9.17, 15) is 4.79 Å². The van der Waals surface area contributed by atoms with Gasteiger partial charge < -0.3 is 14.6 Å². The van der Waals surface area contributed by atoms with Crippen molar-refractivity contribution in [2.75, 3.05) is 13.2 Å². The standard InChI is InChI=1S/C33H41N3O2/c1-3-27-18-20-29(21-19-27)38-24-12-11-23-36-31-16-9-8-15-30(31)35-32(36)17-5-4-10-22-34-33(37)25-28-14-7-6-13-26(28)2/h6-9,13-16,18-21H,3-5,10-12,17,22-25H2,1-2H3,(H,34,37). The van der Waals surface area contributed by atoms with Gasteiger partial charge in [0.15, 0.2) is 0 Å². The quantitative estimate of drug-likeness (QED) is 0.178. The molecule has 0 saturated heterocycles. The minimum atomic E-state index is 0.100. The Morgan fingerprint density at radius 3 is 2.50 bits per heavy atom. The van der Waals surface area contributed by atoms with E-state index < -0.39 is 0 Å². The second-order valence-corrected chi connectivity index (χ2v) is 9.99. The number of aryl methyl sites for hydroxylation is 4. The molecule has 38 heavy (non-hydrogen) atoms. The molecule has 1 amide bonds. The van der Waals surface area contributed by atoms with Crippen LogP contribution in [0.2, 0.25) is 0 Å². The number of rotatable bonds is 15. The van der Waals surface area contributed by atoms with E-state index in [1.807, 2.05) is 18.2 Å². The Balaban J connectivity index is 1.19. The number of imidazole rings is 1. The number of para-hydroxylation sites is 2. The molecule has 0 aliphatic heterocycles. The van der Waals surface area contributed by atoms with Gasteiger partial charge in [0.2, 0.25) is 5.91 Å². The van der Waals surface area contributed by atoms with Crippen molar-refractivity contribution in [3.05, 3.63) is 95.3 Å². The van der Waals surface area contributed by atoms with Gasteiger partial charge >= 0.3 is 0 Å². The largest absolute Gasteiger partial charge is 0.494 e. The summed E-state index contributed by atoms with van der Waals surface area (Å²) in [5.41, 5.74) is 5.88. The highest BCUT2D eigenvalue weighted by molar-refractivity contribution is 5.78. The number of fused-ring (bicyclic) bond motifs is 1. The molecule has 5 nitrogen and oxygen atoms in total. The molecule has 0 unspecified atom stereocenters. The molecular weight excluding hydrogens is 470 g/mol. The van der Waals surface area contributed by atoms with Gasteiger partial charge in [0.25, 0.3) is 0 Å². The van der Waals surface area contributed by atoms with Gasteiger partial charge in [-0.15, -0.1) is 0 Å². The fraction of sp³-hybridized carbons (Fsp3) is 0.394. The lowest BCUT2D eigenvalue weighted by molar-refractivity contribution is -0.120. The molecule has 0 bridgehead atoms. The SMILES string of the molecule is CCc1ccc(OCCCCn2c(CCCCCNC(=O)Cc3ccccc3C)nc3ccccc32)cc1. The van der Waals surface area contributed by atoms with Crippen LogP contribution in [-0.2, 0) is 30.6 Å². The van der Waals surface area contributed by atoms with Crippen molar-refractivity contribution in [2.24, 2.45) is 0 Å². The zero-order chi connectivity index (χ0) is 26.6. The Labute approximate surface area is 227 Å². The monoisotopic (exact) mass is 511 g/mol. The third kappa shape index (κ3) is 7.95. The van der Waals surface area contributed by atoms with Crippen molar-refractivity contribution >= 4 is 16.9 Å². The Morgan fingerprint density at radius 1 is 0.895 bits per heavy atom. The number of nitrogens with one attached hydrogen (secondary N) is 1. The molecule has 3 aromatic carbocycles. The van der Waals surface area contributed by atoms with E-state index >= 15 is 0 Å². The smallest absolute Gasteiger partial charge is 0.224 e. The molecule has 0 saturated carbocycles. The average molecular weight is 512 g/mol. The summed E-state index contributed by atoms with van der Waals surface area (Å²) >= 11 is 0. The van der Waals surface area contributed by atoms with Crippen molar-refractivity contribution < 1.29 is 9.53 Å². The van der Waals surface area contributed by atoms with Gasteiger partial charge in [0.1, 0.15) is 11.6 Å². The van der Waals surface area contributed by atoms with E-state index in [2.05, 4.69) is 78.3 Å². The van der Waals surface area contributed by atoms with Gasteiger partial charge in [-0.1, -0.05) is 61.9 Å². The van der Waals surface area contributed by atoms with E-state index in [1.165, 1.54) is 16.6 Å². The fourth-order valence-corrected chi connectivity index (χ4v) is 4.81. The summed E-state index contributed by atoms with van der Waals surface area (Å²) in [6.07, 6.45) is 7.62. The maximum absolute atomic E-state index is 12.3. The highest BCUT2D eigenvalue weighted by Crippen LogP contribution is 2.19. The molecule has 4 rings (SSSR count). The van der Waals surface area contributed by atoms with Crippen LogP contribution in [0.15, 0.2) is 72.8 Å². The van der Waals surface area contributed by atoms with Gasteiger partial charge in [-0.25, -0.2) is 4.98 Å².